The molecular weight excluding hydrogens is 274 g/mol. The molecule has 3 nitrogen and oxygen atoms in total. The molecule has 1 aromatic carbocycles. The Morgan fingerprint density at radius 2 is 1.95 bits per heavy atom. The van der Waals surface area contributed by atoms with Gasteiger partial charge in [0.05, 0.1) is 0 Å². The van der Waals surface area contributed by atoms with Crippen LogP contribution in [0, 0.1) is 18.6 Å². The van der Waals surface area contributed by atoms with Gasteiger partial charge in [-0.25, -0.2) is 8.78 Å². The lowest BCUT2D eigenvalue weighted by molar-refractivity contribution is 0.565. The average molecular weight is 290 g/mol. The van der Waals surface area contributed by atoms with E-state index in [1.807, 2.05) is 0 Å². The first-order chi connectivity index (χ1) is 10.1. The molecule has 0 atom stereocenters. The summed E-state index contributed by atoms with van der Waals surface area (Å²) < 4.78 is 29.2. The third-order valence-electron chi connectivity index (χ3n) is 3.66. The first-order valence-electron chi connectivity index (χ1n) is 6.96. The van der Waals surface area contributed by atoms with Crippen LogP contribution in [0.4, 0.5) is 8.78 Å². The maximum Gasteiger partial charge on any atom is 0.186 e. The van der Waals surface area contributed by atoms with Gasteiger partial charge in [0.1, 0.15) is 17.3 Å². The van der Waals surface area contributed by atoms with Crippen molar-refractivity contribution in [2.75, 3.05) is 0 Å². The number of para-hydroxylation sites is 1. The van der Waals surface area contributed by atoms with Gasteiger partial charge >= 0.3 is 0 Å². The minimum Gasteiger partial charge on any atom is -0.316 e. The number of benzene rings is 1. The van der Waals surface area contributed by atoms with E-state index in [4.69, 9.17) is 0 Å². The fourth-order valence-corrected chi connectivity index (χ4v) is 2.31. The molecule has 1 fully saturated rings. The predicted molar refractivity (Wildman–Crippen MR) is 76.6 cm³/mol. The van der Waals surface area contributed by atoms with Crippen LogP contribution in [0.5, 0.6) is 0 Å². The summed E-state index contributed by atoms with van der Waals surface area (Å²) in [6.45, 7) is 2.07. The highest BCUT2D eigenvalue weighted by Crippen LogP contribution is 2.21. The van der Waals surface area contributed by atoms with Crippen molar-refractivity contribution in [3.8, 4) is 5.69 Å². The van der Waals surface area contributed by atoms with Crippen LogP contribution in [-0.4, -0.2) is 10.6 Å². The van der Waals surface area contributed by atoms with Crippen LogP contribution in [0.1, 0.15) is 24.1 Å². The Balaban J connectivity index is 2.04. The quantitative estimate of drug-likeness (QED) is 0.939. The number of pyridine rings is 1. The summed E-state index contributed by atoms with van der Waals surface area (Å²) in [5, 5.41) is 3.24. The van der Waals surface area contributed by atoms with E-state index in [-0.39, 0.29) is 11.1 Å². The Morgan fingerprint density at radius 3 is 2.57 bits per heavy atom. The summed E-state index contributed by atoms with van der Waals surface area (Å²) in [5.74, 6) is -1.30. The fraction of sp³-hybridized carbons (Fsp3) is 0.312. The smallest absolute Gasteiger partial charge is 0.186 e. The second-order valence-electron chi connectivity index (χ2n) is 5.40. The van der Waals surface area contributed by atoms with Gasteiger partial charge in [-0.15, -0.1) is 0 Å². The Bertz CT molecular complexity index is 715. The minimum atomic E-state index is -0.650. The highest BCUT2D eigenvalue weighted by atomic mass is 19.1. The molecule has 1 aliphatic carbocycles. The highest BCUT2D eigenvalue weighted by molar-refractivity contribution is 5.38. The number of nitrogens with zero attached hydrogens (tertiary/aromatic N) is 1. The van der Waals surface area contributed by atoms with Gasteiger partial charge in [0.2, 0.25) is 0 Å². The number of hydrogen-bond acceptors (Lipinski definition) is 2. The number of aromatic nitrogens is 1. The van der Waals surface area contributed by atoms with Crippen molar-refractivity contribution >= 4 is 0 Å². The van der Waals surface area contributed by atoms with Crippen molar-refractivity contribution < 1.29 is 8.78 Å². The Kier molecular flexibility index (Phi) is 3.59. The van der Waals surface area contributed by atoms with Crippen LogP contribution in [-0.2, 0) is 6.54 Å². The second-order valence-corrected chi connectivity index (χ2v) is 5.40. The molecule has 21 heavy (non-hydrogen) atoms. The molecule has 110 valence electrons. The monoisotopic (exact) mass is 290 g/mol. The number of nitrogens with one attached hydrogen (secondary N) is 1. The molecule has 1 N–H and O–H groups in total. The molecule has 1 aliphatic rings. The second kappa shape index (κ2) is 5.41. The van der Waals surface area contributed by atoms with E-state index < -0.39 is 11.6 Å². The van der Waals surface area contributed by atoms with Crippen molar-refractivity contribution in [3.63, 3.8) is 0 Å². The van der Waals surface area contributed by atoms with E-state index in [2.05, 4.69) is 5.32 Å². The number of hydrogen-bond donors (Lipinski definition) is 1. The molecule has 0 aliphatic heterocycles. The molecule has 0 spiro atoms. The van der Waals surface area contributed by atoms with Crippen LogP contribution >= 0.6 is 0 Å². The van der Waals surface area contributed by atoms with Crippen LogP contribution in [0.2, 0.25) is 0 Å². The standard InChI is InChI=1S/C16H16F2N2O/c1-10-7-15(21)11(8-19-12-5-6-12)9-20(10)16-13(17)3-2-4-14(16)18/h2-4,7,9,12,19H,5-6,8H2,1H3. The van der Waals surface area contributed by atoms with Gasteiger partial charge in [0, 0.05) is 36.1 Å². The molecule has 1 aromatic heterocycles. The van der Waals surface area contributed by atoms with Crippen LogP contribution < -0.4 is 10.7 Å². The topological polar surface area (TPSA) is 34.0 Å². The maximum atomic E-state index is 13.9. The summed E-state index contributed by atoms with van der Waals surface area (Å²) >= 11 is 0. The Morgan fingerprint density at radius 1 is 1.29 bits per heavy atom. The summed E-state index contributed by atoms with van der Waals surface area (Å²) in [5.41, 5.74) is 0.741. The molecule has 0 saturated heterocycles. The number of rotatable bonds is 4. The van der Waals surface area contributed by atoms with Crippen molar-refractivity contribution in [2.24, 2.45) is 0 Å². The van der Waals surface area contributed by atoms with Gasteiger partial charge in [0.25, 0.3) is 0 Å². The van der Waals surface area contributed by atoms with Gasteiger partial charge in [-0.1, -0.05) is 6.07 Å². The van der Waals surface area contributed by atoms with Crippen molar-refractivity contribution in [2.45, 2.75) is 32.4 Å². The van der Waals surface area contributed by atoms with Gasteiger partial charge in [-0.05, 0) is 31.9 Å². The third-order valence-corrected chi connectivity index (χ3v) is 3.66. The molecule has 0 unspecified atom stereocenters. The first kappa shape index (κ1) is 13.9. The molecule has 0 amide bonds. The fourth-order valence-electron chi connectivity index (χ4n) is 2.31. The van der Waals surface area contributed by atoms with E-state index in [1.54, 1.807) is 6.92 Å². The zero-order valence-electron chi connectivity index (χ0n) is 11.7. The average Bonchev–Trinajstić information content (AvgIpc) is 3.23. The Hall–Kier alpha value is -2.01. The van der Waals surface area contributed by atoms with Crippen LogP contribution in [0.15, 0.2) is 35.3 Å². The Labute approximate surface area is 121 Å². The third kappa shape index (κ3) is 2.88. The number of aryl methyl sites for hydroxylation is 1. The molecule has 2 aromatic rings. The molecule has 3 rings (SSSR count). The lowest BCUT2D eigenvalue weighted by Crippen LogP contribution is -2.23. The van der Waals surface area contributed by atoms with Crippen molar-refractivity contribution in [3.05, 3.63) is 63.6 Å². The predicted octanol–water partition coefficient (Wildman–Crippen LogP) is 2.68. The van der Waals surface area contributed by atoms with Crippen molar-refractivity contribution in [1.82, 2.24) is 9.88 Å². The van der Waals surface area contributed by atoms with Gasteiger partial charge < -0.3 is 9.88 Å². The zero-order valence-corrected chi connectivity index (χ0v) is 11.7. The van der Waals surface area contributed by atoms with E-state index in [1.165, 1.54) is 35.0 Å². The zero-order chi connectivity index (χ0) is 15.0. The molecule has 1 saturated carbocycles. The molecular formula is C16H16F2N2O. The maximum absolute atomic E-state index is 13.9. The number of halogens is 2. The minimum absolute atomic E-state index is 0.117. The normalized spacial score (nSPS) is 14.4. The van der Waals surface area contributed by atoms with E-state index in [0.717, 1.165) is 12.8 Å². The lowest BCUT2D eigenvalue weighted by atomic mass is 10.2. The molecule has 0 radical (unpaired) electrons. The molecule has 0 bridgehead atoms. The van der Waals surface area contributed by atoms with E-state index >= 15 is 0 Å². The highest BCUT2D eigenvalue weighted by Gasteiger charge is 2.21. The largest absolute Gasteiger partial charge is 0.316 e. The van der Waals surface area contributed by atoms with Crippen LogP contribution in [0.3, 0.4) is 0 Å². The van der Waals surface area contributed by atoms with Gasteiger partial charge in [-0.2, -0.15) is 0 Å². The van der Waals surface area contributed by atoms with Gasteiger partial charge in [-0.3, -0.25) is 4.79 Å². The molecule has 1 heterocycles. The van der Waals surface area contributed by atoms with E-state index in [0.29, 0.717) is 23.8 Å². The lowest BCUT2D eigenvalue weighted by Gasteiger charge is -2.14. The van der Waals surface area contributed by atoms with Crippen molar-refractivity contribution in [1.29, 1.82) is 0 Å². The first-order valence-corrected chi connectivity index (χ1v) is 6.96. The van der Waals surface area contributed by atoms with Gasteiger partial charge in [0.15, 0.2) is 5.43 Å². The van der Waals surface area contributed by atoms with Crippen LogP contribution in [0.25, 0.3) is 5.69 Å². The summed E-state index contributed by atoms with van der Waals surface area (Å²) in [4.78, 5) is 12.0. The summed E-state index contributed by atoms with van der Waals surface area (Å²) in [6, 6.07) is 5.61. The SMILES string of the molecule is Cc1cc(=O)c(CNC2CC2)cn1-c1c(F)cccc1F. The molecule has 5 heteroatoms. The van der Waals surface area contributed by atoms with E-state index in [9.17, 15) is 13.6 Å². The summed E-state index contributed by atoms with van der Waals surface area (Å²) in [7, 11) is 0. The summed E-state index contributed by atoms with van der Waals surface area (Å²) in [6.07, 6.45) is 3.75.